The van der Waals surface area contributed by atoms with Crippen LogP contribution in [0.5, 0.6) is 0 Å². The molecule has 0 aliphatic heterocycles. The molecule has 0 saturated carbocycles. The average molecular weight is 463 g/mol. The summed E-state index contributed by atoms with van der Waals surface area (Å²) in [6.45, 7) is 3.65. The van der Waals surface area contributed by atoms with Crippen LogP contribution in [0.2, 0.25) is 0 Å². The molecule has 0 saturated heterocycles. The van der Waals surface area contributed by atoms with Crippen LogP contribution in [-0.2, 0) is 6.42 Å². The molecular formula is C28H21N3O4. The van der Waals surface area contributed by atoms with Crippen molar-refractivity contribution < 1.29 is 9.85 Å². The molecule has 0 aromatic heterocycles. The maximum Gasteiger partial charge on any atom is 0.278 e. The number of aryl methyl sites for hydroxylation is 2. The number of benzene rings is 4. The monoisotopic (exact) mass is 463 g/mol. The summed E-state index contributed by atoms with van der Waals surface area (Å²) in [5.74, 6) is 0. The van der Waals surface area contributed by atoms with Crippen molar-refractivity contribution in [1.29, 1.82) is 0 Å². The normalized spacial score (nSPS) is 12.9. The first kappa shape index (κ1) is 22.2. The summed E-state index contributed by atoms with van der Waals surface area (Å²) in [7, 11) is 0. The van der Waals surface area contributed by atoms with Gasteiger partial charge in [0.25, 0.3) is 11.4 Å². The van der Waals surface area contributed by atoms with E-state index in [9.17, 15) is 20.2 Å². The van der Waals surface area contributed by atoms with Crippen LogP contribution in [0.25, 0.3) is 22.3 Å². The molecular weight excluding hydrogens is 442 g/mol. The number of nitro groups is 2. The molecule has 4 aromatic rings. The number of rotatable bonds is 5. The molecule has 5 rings (SSSR count). The maximum atomic E-state index is 12.0. The van der Waals surface area contributed by atoms with Crippen LogP contribution in [0.4, 0.5) is 17.1 Å². The van der Waals surface area contributed by atoms with Crippen molar-refractivity contribution in [3.8, 4) is 22.3 Å². The number of nitrogens with zero attached hydrogens (tertiary/aromatic N) is 3. The summed E-state index contributed by atoms with van der Waals surface area (Å²) >= 11 is 0. The molecule has 7 heteroatoms. The van der Waals surface area contributed by atoms with E-state index in [0.29, 0.717) is 45.6 Å². The average Bonchev–Trinajstić information content (AvgIpc) is 3.15. The summed E-state index contributed by atoms with van der Waals surface area (Å²) in [6, 6.07) is 24.2. The van der Waals surface area contributed by atoms with E-state index in [1.54, 1.807) is 13.0 Å². The highest BCUT2D eigenvalue weighted by molar-refractivity contribution is 6.27. The fourth-order valence-corrected chi connectivity index (χ4v) is 4.69. The van der Waals surface area contributed by atoms with Gasteiger partial charge in [-0.05, 0) is 42.7 Å². The Labute approximate surface area is 201 Å². The van der Waals surface area contributed by atoms with Gasteiger partial charge in [0.15, 0.2) is 0 Å². The molecule has 0 radical (unpaired) electrons. The van der Waals surface area contributed by atoms with Gasteiger partial charge in [-0.1, -0.05) is 55.5 Å². The minimum Gasteiger partial charge on any atom is -0.258 e. The minimum absolute atomic E-state index is 0.0435. The second-order valence-corrected chi connectivity index (χ2v) is 8.44. The van der Waals surface area contributed by atoms with Crippen LogP contribution < -0.4 is 0 Å². The summed E-state index contributed by atoms with van der Waals surface area (Å²) < 4.78 is 0. The van der Waals surface area contributed by atoms with Crippen molar-refractivity contribution in [2.75, 3.05) is 0 Å². The summed E-state index contributed by atoms with van der Waals surface area (Å²) in [5, 5.41) is 23.8. The fraction of sp³-hybridized carbons (Fsp3) is 0.107. The highest BCUT2D eigenvalue weighted by Crippen LogP contribution is 2.47. The number of para-hydroxylation sites is 1. The smallest absolute Gasteiger partial charge is 0.258 e. The van der Waals surface area contributed by atoms with Crippen molar-refractivity contribution in [1.82, 2.24) is 0 Å². The molecule has 0 spiro atoms. The Bertz CT molecular complexity index is 1540. The molecule has 1 aliphatic carbocycles. The third kappa shape index (κ3) is 3.77. The van der Waals surface area contributed by atoms with E-state index in [1.165, 1.54) is 12.1 Å². The highest BCUT2D eigenvalue weighted by atomic mass is 16.6. The van der Waals surface area contributed by atoms with Crippen molar-refractivity contribution >= 4 is 22.8 Å². The van der Waals surface area contributed by atoms with Gasteiger partial charge < -0.3 is 0 Å². The fourth-order valence-electron chi connectivity index (χ4n) is 4.69. The van der Waals surface area contributed by atoms with E-state index in [0.717, 1.165) is 16.7 Å². The quantitative estimate of drug-likeness (QED) is 0.203. The maximum absolute atomic E-state index is 12.0. The Balaban J connectivity index is 1.85. The third-order valence-corrected chi connectivity index (χ3v) is 6.26. The van der Waals surface area contributed by atoms with E-state index in [4.69, 9.17) is 4.99 Å². The van der Waals surface area contributed by atoms with Crippen molar-refractivity contribution in [3.05, 3.63) is 121 Å². The van der Waals surface area contributed by atoms with Crippen LogP contribution in [-0.4, -0.2) is 15.6 Å². The lowest BCUT2D eigenvalue weighted by Crippen LogP contribution is -2.02. The standard InChI is InChI=1S/C28H21N3O4/c1-3-18-15-22-21(16-25(18)30(32)33)27-23(13-17(2)14-26(27)31(34)35)28(22)29-24-12-8-7-11-20(24)19-9-5-4-6-10-19/h4-16H,3H2,1-2H3. The van der Waals surface area contributed by atoms with Gasteiger partial charge in [0.05, 0.1) is 26.8 Å². The SMILES string of the molecule is CCc1cc2c(cc1[N+](=O)[O-])-c1c(cc(C)cc1[N+](=O)[O-])C2=Nc1ccccc1-c1ccccc1. The number of aliphatic imine (C=N–C) groups is 1. The molecule has 35 heavy (non-hydrogen) atoms. The molecule has 4 aromatic carbocycles. The summed E-state index contributed by atoms with van der Waals surface area (Å²) in [4.78, 5) is 27.9. The molecule has 1 aliphatic rings. The van der Waals surface area contributed by atoms with E-state index >= 15 is 0 Å². The largest absolute Gasteiger partial charge is 0.278 e. The molecule has 0 unspecified atom stereocenters. The second-order valence-electron chi connectivity index (χ2n) is 8.44. The molecule has 0 N–H and O–H groups in total. The van der Waals surface area contributed by atoms with Crippen LogP contribution >= 0.6 is 0 Å². The second kappa shape index (κ2) is 8.61. The lowest BCUT2D eigenvalue weighted by Gasteiger charge is -2.09. The van der Waals surface area contributed by atoms with Crippen LogP contribution in [0.1, 0.15) is 29.2 Å². The first-order valence-electron chi connectivity index (χ1n) is 11.2. The van der Waals surface area contributed by atoms with E-state index in [-0.39, 0.29) is 11.4 Å². The first-order chi connectivity index (χ1) is 16.9. The van der Waals surface area contributed by atoms with E-state index < -0.39 is 9.85 Å². The van der Waals surface area contributed by atoms with Gasteiger partial charge in [-0.2, -0.15) is 0 Å². The Morgan fingerprint density at radius 1 is 0.743 bits per heavy atom. The molecule has 0 heterocycles. The van der Waals surface area contributed by atoms with Crippen molar-refractivity contribution in [2.45, 2.75) is 20.3 Å². The van der Waals surface area contributed by atoms with Gasteiger partial charge in [-0.25, -0.2) is 4.99 Å². The van der Waals surface area contributed by atoms with Gasteiger partial charge in [-0.3, -0.25) is 20.2 Å². The summed E-state index contributed by atoms with van der Waals surface area (Å²) in [6.07, 6.45) is 0.453. The Morgan fingerprint density at radius 2 is 1.43 bits per heavy atom. The Morgan fingerprint density at radius 3 is 2.11 bits per heavy atom. The van der Waals surface area contributed by atoms with Crippen LogP contribution in [0, 0.1) is 27.2 Å². The third-order valence-electron chi connectivity index (χ3n) is 6.26. The molecule has 172 valence electrons. The Hall–Kier alpha value is -4.65. The Kier molecular flexibility index (Phi) is 5.45. The lowest BCUT2D eigenvalue weighted by molar-refractivity contribution is -0.385. The van der Waals surface area contributed by atoms with Crippen LogP contribution in [0.3, 0.4) is 0 Å². The lowest BCUT2D eigenvalue weighted by atomic mass is 9.98. The van der Waals surface area contributed by atoms with Gasteiger partial charge in [-0.15, -0.1) is 0 Å². The molecule has 0 amide bonds. The first-order valence-corrected chi connectivity index (χ1v) is 11.2. The number of fused-ring (bicyclic) bond motifs is 3. The molecule has 0 bridgehead atoms. The van der Waals surface area contributed by atoms with Gasteiger partial charge in [0.1, 0.15) is 0 Å². The predicted molar refractivity (Wildman–Crippen MR) is 136 cm³/mol. The molecule has 7 nitrogen and oxygen atoms in total. The predicted octanol–water partition coefficient (Wildman–Crippen LogP) is 7.19. The van der Waals surface area contributed by atoms with E-state index in [1.807, 2.05) is 67.6 Å². The van der Waals surface area contributed by atoms with Crippen molar-refractivity contribution in [2.24, 2.45) is 4.99 Å². The summed E-state index contributed by atoms with van der Waals surface area (Å²) in [5.41, 5.74) is 6.49. The molecule has 0 fully saturated rings. The van der Waals surface area contributed by atoms with Gasteiger partial charge in [0, 0.05) is 39.9 Å². The molecule has 0 atom stereocenters. The minimum atomic E-state index is -0.434. The zero-order chi connectivity index (χ0) is 24.7. The van der Waals surface area contributed by atoms with Gasteiger partial charge >= 0.3 is 0 Å². The van der Waals surface area contributed by atoms with Crippen molar-refractivity contribution in [3.63, 3.8) is 0 Å². The number of hydrogen-bond acceptors (Lipinski definition) is 5. The zero-order valence-electron chi connectivity index (χ0n) is 19.2. The number of nitro benzene ring substituents is 2. The topological polar surface area (TPSA) is 98.6 Å². The van der Waals surface area contributed by atoms with E-state index in [2.05, 4.69) is 0 Å². The highest BCUT2D eigenvalue weighted by Gasteiger charge is 2.35. The number of hydrogen-bond donors (Lipinski definition) is 0. The van der Waals surface area contributed by atoms with Gasteiger partial charge in [0.2, 0.25) is 0 Å². The zero-order valence-corrected chi connectivity index (χ0v) is 19.2. The van der Waals surface area contributed by atoms with Crippen LogP contribution in [0.15, 0.2) is 83.9 Å².